The summed E-state index contributed by atoms with van der Waals surface area (Å²) in [6, 6.07) is 7.39. The van der Waals surface area contributed by atoms with Crippen LogP contribution in [0.5, 0.6) is 0 Å². The highest BCUT2D eigenvalue weighted by Crippen LogP contribution is 2.24. The van der Waals surface area contributed by atoms with Crippen LogP contribution in [0.15, 0.2) is 24.3 Å². The lowest BCUT2D eigenvalue weighted by molar-refractivity contribution is -0.144. The van der Waals surface area contributed by atoms with E-state index in [4.69, 9.17) is 0 Å². The minimum Gasteiger partial charge on any atom is -0.385 e. The molecule has 5 heteroatoms. The Morgan fingerprint density at radius 3 is 2.43 bits per heavy atom. The Balaban J connectivity index is 2.21. The van der Waals surface area contributed by atoms with Crippen LogP contribution in [0, 0.1) is 0 Å². The molecule has 2 rings (SSSR count). The molecule has 21 heavy (non-hydrogen) atoms. The van der Waals surface area contributed by atoms with Crippen molar-refractivity contribution in [3.8, 4) is 0 Å². The molecule has 1 aliphatic rings. The smallest absolute Gasteiger partial charge is 0.254 e. The highest BCUT2D eigenvalue weighted by molar-refractivity contribution is 5.99. The quantitative estimate of drug-likeness (QED) is 0.923. The fraction of sp³-hybridized carbons (Fsp3) is 0.500. The molecule has 1 aromatic carbocycles. The van der Waals surface area contributed by atoms with Gasteiger partial charge in [-0.2, -0.15) is 0 Å². The first kappa shape index (κ1) is 15.4. The van der Waals surface area contributed by atoms with Gasteiger partial charge in [-0.05, 0) is 45.0 Å². The zero-order chi connectivity index (χ0) is 15.6. The second-order valence-electron chi connectivity index (χ2n) is 5.85. The Bertz CT molecular complexity index is 537. The topological polar surface area (TPSA) is 52.7 Å². The van der Waals surface area contributed by atoms with E-state index >= 15 is 0 Å². The van der Waals surface area contributed by atoms with Gasteiger partial charge in [-0.25, -0.2) is 0 Å². The summed E-state index contributed by atoms with van der Waals surface area (Å²) in [5, 5.41) is 3.20. The third-order valence-corrected chi connectivity index (χ3v) is 3.96. The molecule has 5 nitrogen and oxygen atoms in total. The minimum atomic E-state index is -0.801. The number of benzene rings is 1. The van der Waals surface area contributed by atoms with Crippen LogP contribution in [-0.2, 0) is 4.79 Å². The lowest BCUT2D eigenvalue weighted by atomic mass is 9.96. The molecule has 1 aromatic rings. The monoisotopic (exact) mass is 289 g/mol. The molecular weight excluding hydrogens is 266 g/mol. The maximum absolute atomic E-state index is 12.7. The third kappa shape index (κ3) is 2.86. The van der Waals surface area contributed by atoms with Crippen LogP contribution in [-0.4, -0.2) is 53.8 Å². The second-order valence-corrected chi connectivity index (χ2v) is 5.85. The van der Waals surface area contributed by atoms with Gasteiger partial charge in [-0.3, -0.25) is 9.59 Å². The number of carbonyl (C=O) groups excluding carboxylic acids is 2. The van der Waals surface area contributed by atoms with Crippen molar-refractivity contribution in [3.05, 3.63) is 29.8 Å². The molecule has 114 valence electrons. The summed E-state index contributed by atoms with van der Waals surface area (Å²) in [4.78, 5) is 28.3. The summed E-state index contributed by atoms with van der Waals surface area (Å²) in [7, 11) is 1.77. The molecule has 1 aliphatic heterocycles. The predicted molar refractivity (Wildman–Crippen MR) is 83.4 cm³/mol. The van der Waals surface area contributed by atoms with Gasteiger partial charge in [0.15, 0.2) is 0 Å². The van der Waals surface area contributed by atoms with Crippen LogP contribution >= 0.6 is 0 Å². The van der Waals surface area contributed by atoms with E-state index in [0.29, 0.717) is 18.7 Å². The summed E-state index contributed by atoms with van der Waals surface area (Å²) in [6.45, 7) is 7.60. The van der Waals surface area contributed by atoms with Crippen molar-refractivity contribution in [1.82, 2.24) is 9.80 Å². The zero-order valence-electron chi connectivity index (χ0n) is 13.1. The number of amides is 2. The van der Waals surface area contributed by atoms with E-state index in [1.54, 1.807) is 42.8 Å². The Kier molecular flexibility index (Phi) is 4.21. The molecule has 1 heterocycles. The van der Waals surface area contributed by atoms with Crippen molar-refractivity contribution in [2.24, 2.45) is 0 Å². The van der Waals surface area contributed by atoms with Gasteiger partial charge in [0, 0.05) is 37.9 Å². The molecule has 0 aromatic heterocycles. The van der Waals surface area contributed by atoms with Crippen molar-refractivity contribution in [2.45, 2.75) is 26.3 Å². The van der Waals surface area contributed by atoms with Gasteiger partial charge >= 0.3 is 0 Å². The lowest BCUT2D eigenvalue weighted by Gasteiger charge is -2.44. The van der Waals surface area contributed by atoms with Gasteiger partial charge in [0.25, 0.3) is 5.91 Å². The second kappa shape index (κ2) is 5.76. The Labute approximate surface area is 125 Å². The highest BCUT2D eigenvalue weighted by atomic mass is 16.2. The van der Waals surface area contributed by atoms with E-state index < -0.39 is 5.54 Å². The summed E-state index contributed by atoms with van der Waals surface area (Å²) >= 11 is 0. The van der Waals surface area contributed by atoms with Crippen LogP contribution in [0.4, 0.5) is 5.69 Å². The molecule has 0 aliphatic carbocycles. The Hall–Kier alpha value is -2.04. The number of hydrogen-bond donors (Lipinski definition) is 1. The molecule has 0 saturated carbocycles. The first-order valence-corrected chi connectivity index (χ1v) is 7.29. The Morgan fingerprint density at radius 1 is 1.24 bits per heavy atom. The molecule has 0 bridgehead atoms. The minimum absolute atomic E-state index is 0.0219. The molecule has 1 fully saturated rings. The standard InChI is InChI=1S/C16H23N3O2/c1-5-17-13-8-6-12(7-9-13)14(20)19-11-10-18(4)15(21)16(19,2)3/h6-9,17H,5,10-11H2,1-4H3. The number of rotatable bonds is 3. The van der Waals surface area contributed by atoms with Gasteiger partial charge in [-0.15, -0.1) is 0 Å². The predicted octanol–water partition coefficient (Wildman–Crippen LogP) is 1.81. The average molecular weight is 289 g/mol. The number of anilines is 1. The summed E-state index contributed by atoms with van der Waals surface area (Å²) in [5.41, 5.74) is 0.801. The number of nitrogens with zero attached hydrogens (tertiary/aromatic N) is 2. The van der Waals surface area contributed by atoms with E-state index in [0.717, 1.165) is 12.2 Å². The van der Waals surface area contributed by atoms with Gasteiger partial charge in [0.1, 0.15) is 5.54 Å². The summed E-state index contributed by atoms with van der Waals surface area (Å²) in [5.74, 6) is -0.115. The van der Waals surface area contributed by atoms with E-state index in [-0.39, 0.29) is 11.8 Å². The molecule has 0 spiro atoms. The van der Waals surface area contributed by atoms with Crippen molar-refractivity contribution >= 4 is 17.5 Å². The molecular formula is C16H23N3O2. The first-order chi connectivity index (χ1) is 9.87. The highest BCUT2D eigenvalue weighted by Gasteiger charge is 2.43. The number of likely N-dealkylation sites (N-methyl/N-ethyl adjacent to an activating group) is 1. The van der Waals surface area contributed by atoms with Crippen LogP contribution in [0.25, 0.3) is 0 Å². The van der Waals surface area contributed by atoms with Gasteiger partial charge in [0.2, 0.25) is 5.91 Å². The number of piperazine rings is 1. The van der Waals surface area contributed by atoms with Crippen molar-refractivity contribution in [2.75, 3.05) is 32.0 Å². The van der Waals surface area contributed by atoms with E-state index in [1.165, 1.54) is 0 Å². The zero-order valence-corrected chi connectivity index (χ0v) is 13.1. The van der Waals surface area contributed by atoms with Crippen molar-refractivity contribution in [1.29, 1.82) is 0 Å². The van der Waals surface area contributed by atoms with Crippen molar-refractivity contribution in [3.63, 3.8) is 0 Å². The maximum Gasteiger partial charge on any atom is 0.254 e. The molecule has 1 N–H and O–H groups in total. The van der Waals surface area contributed by atoms with E-state index in [2.05, 4.69) is 5.32 Å². The van der Waals surface area contributed by atoms with Crippen LogP contribution in [0.3, 0.4) is 0 Å². The maximum atomic E-state index is 12.7. The normalized spacial score (nSPS) is 17.8. The number of carbonyl (C=O) groups is 2. The largest absolute Gasteiger partial charge is 0.385 e. The number of hydrogen-bond acceptors (Lipinski definition) is 3. The van der Waals surface area contributed by atoms with E-state index in [1.807, 2.05) is 19.1 Å². The molecule has 2 amide bonds. The van der Waals surface area contributed by atoms with Crippen LogP contribution in [0.2, 0.25) is 0 Å². The molecule has 0 atom stereocenters. The van der Waals surface area contributed by atoms with Gasteiger partial charge < -0.3 is 15.1 Å². The van der Waals surface area contributed by atoms with Crippen molar-refractivity contribution < 1.29 is 9.59 Å². The summed E-state index contributed by atoms with van der Waals surface area (Å²) in [6.07, 6.45) is 0. The fourth-order valence-corrected chi connectivity index (χ4v) is 2.66. The molecule has 1 saturated heterocycles. The van der Waals surface area contributed by atoms with Crippen LogP contribution < -0.4 is 5.32 Å². The van der Waals surface area contributed by atoms with Gasteiger partial charge in [0.05, 0.1) is 0 Å². The third-order valence-electron chi connectivity index (χ3n) is 3.96. The fourth-order valence-electron chi connectivity index (χ4n) is 2.66. The Morgan fingerprint density at radius 2 is 1.86 bits per heavy atom. The van der Waals surface area contributed by atoms with E-state index in [9.17, 15) is 9.59 Å². The SMILES string of the molecule is CCNc1ccc(C(=O)N2CCN(C)C(=O)C2(C)C)cc1. The van der Waals surface area contributed by atoms with Gasteiger partial charge in [-0.1, -0.05) is 0 Å². The lowest BCUT2D eigenvalue weighted by Crippen LogP contribution is -2.63. The molecule has 0 radical (unpaired) electrons. The first-order valence-electron chi connectivity index (χ1n) is 7.29. The summed E-state index contributed by atoms with van der Waals surface area (Å²) < 4.78 is 0. The average Bonchev–Trinajstić information content (AvgIpc) is 2.45. The molecule has 0 unspecified atom stereocenters. The number of nitrogens with one attached hydrogen (secondary N) is 1. The van der Waals surface area contributed by atoms with Crippen LogP contribution in [0.1, 0.15) is 31.1 Å².